The summed E-state index contributed by atoms with van der Waals surface area (Å²) in [4.78, 5) is 16.1. The van der Waals surface area contributed by atoms with Gasteiger partial charge in [0.15, 0.2) is 11.6 Å². The van der Waals surface area contributed by atoms with E-state index in [0.717, 1.165) is 17.8 Å². The molecule has 2 aromatic rings. The quantitative estimate of drug-likeness (QED) is 0.786. The van der Waals surface area contributed by atoms with Crippen molar-refractivity contribution in [1.29, 1.82) is 0 Å². The second kappa shape index (κ2) is 7.83. The summed E-state index contributed by atoms with van der Waals surface area (Å²) in [5, 5.41) is 15.3. The van der Waals surface area contributed by atoms with E-state index in [1.807, 2.05) is 19.1 Å². The van der Waals surface area contributed by atoms with E-state index in [9.17, 15) is 18.7 Å². The molecule has 1 heterocycles. The third kappa shape index (κ3) is 4.73. The number of aliphatic hydroxyl groups excluding tert-OH is 1. The van der Waals surface area contributed by atoms with Crippen molar-refractivity contribution < 1.29 is 18.7 Å². The highest BCUT2D eigenvalue weighted by Crippen LogP contribution is 2.19. The van der Waals surface area contributed by atoms with Crippen molar-refractivity contribution in [1.82, 2.24) is 15.6 Å². The molecule has 0 fully saturated rings. The molecular weight excluding hydrogens is 316 g/mol. The van der Waals surface area contributed by atoms with Crippen LogP contribution in [0.5, 0.6) is 0 Å². The molecule has 24 heavy (non-hydrogen) atoms. The number of aliphatic hydroxyl groups is 1. The van der Waals surface area contributed by atoms with E-state index in [1.54, 1.807) is 13.0 Å². The van der Waals surface area contributed by atoms with Crippen LogP contribution in [0.3, 0.4) is 0 Å². The second-order valence-corrected chi connectivity index (χ2v) is 5.50. The van der Waals surface area contributed by atoms with Gasteiger partial charge in [-0.2, -0.15) is 0 Å². The summed E-state index contributed by atoms with van der Waals surface area (Å²) in [5.74, 6) is -2.04. The van der Waals surface area contributed by atoms with Crippen LogP contribution in [0.4, 0.5) is 13.6 Å². The van der Waals surface area contributed by atoms with E-state index in [0.29, 0.717) is 5.69 Å². The highest BCUT2D eigenvalue weighted by Gasteiger charge is 2.19. The van der Waals surface area contributed by atoms with E-state index in [4.69, 9.17) is 0 Å². The van der Waals surface area contributed by atoms with Gasteiger partial charge in [0.05, 0.1) is 24.4 Å². The summed E-state index contributed by atoms with van der Waals surface area (Å²) in [5.41, 5.74) is 1.73. The van der Waals surface area contributed by atoms with Crippen LogP contribution >= 0.6 is 0 Å². The summed E-state index contributed by atoms with van der Waals surface area (Å²) in [7, 11) is 0. The number of pyridine rings is 1. The van der Waals surface area contributed by atoms with Gasteiger partial charge in [-0.25, -0.2) is 13.6 Å². The van der Waals surface area contributed by atoms with Crippen LogP contribution in [-0.2, 0) is 6.54 Å². The topological polar surface area (TPSA) is 74.2 Å². The molecule has 0 saturated carbocycles. The Labute approximate surface area is 138 Å². The van der Waals surface area contributed by atoms with Crippen LogP contribution in [-0.4, -0.2) is 22.2 Å². The first kappa shape index (κ1) is 17.8. The number of nitrogens with zero attached hydrogens (tertiary/aromatic N) is 1. The smallest absolute Gasteiger partial charge is 0.315 e. The Bertz CT molecular complexity index is 725. The van der Waals surface area contributed by atoms with Crippen molar-refractivity contribution in [3.05, 3.63) is 65.0 Å². The number of amides is 2. The lowest BCUT2D eigenvalue weighted by Gasteiger charge is -2.21. The fourth-order valence-corrected chi connectivity index (χ4v) is 2.19. The number of carbonyl (C=O) groups excluding carboxylic acids is 1. The number of urea groups is 1. The number of rotatable bonds is 5. The predicted molar refractivity (Wildman–Crippen MR) is 85.1 cm³/mol. The van der Waals surface area contributed by atoms with Crippen molar-refractivity contribution in [3.63, 3.8) is 0 Å². The number of carbonyl (C=O) groups is 1. The molecule has 2 rings (SSSR count). The van der Waals surface area contributed by atoms with E-state index in [-0.39, 0.29) is 12.1 Å². The lowest BCUT2D eigenvalue weighted by atomic mass is 10.0. The minimum absolute atomic E-state index is 0.182. The third-order valence-electron chi connectivity index (χ3n) is 3.49. The van der Waals surface area contributed by atoms with Gasteiger partial charge < -0.3 is 15.7 Å². The molecule has 0 spiro atoms. The molecule has 0 aliphatic rings. The molecule has 1 aromatic heterocycles. The summed E-state index contributed by atoms with van der Waals surface area (Å²) < 4.78 is 26.1. The van der Waals surface area contributed by atoms with Crippen molar-refractivity contribution >= 4 is 6.03 Å². The lowest BCUT2D eigenvalue weighted by Crippen LogP contribution is -2.43. The first-order chi connectivity index (χ1) is 11.4. The Kier molecular flexibility index (Phi) is 5.81. The van der Waals surface area contributed by atoms with Crippen LogP contribution in [0.15, 0.2) is 36.4 Å². The Hall–Kier alpha value is -2.54. The van der Waals surface area contributed by atoms with Gasteiger partial charge >= 0.3 is 6.03 Å². The number of nitrogens with one attached hydrogen (secondary N) is 2. The maximum absolute atomic E-state index is 13.2. The minimum atomic E-state index is -1.16. The molecule has 2 unspecified atom stereocenters. The Balaban J connectivity index is 1.89. The Morgan fingerprint density at radius 2 is 2.00 bits per heavy atom. The number of hydrogen-bond acceptors (Lipinski definition) is 3. The van der Waals surface area contributed by atoms with E-state index >= 15 is 0 Å². The van der Waals surface area contributed by atoms with Gasteiger partial charge in [0.1, 0.15) is 0 Å². The maximum atomic E-state index is 13.2. The highest BCUT2D eigenvalue weighted by molar-refractivity contribution is 5.74. The Morgan fingerprint density at radius 3 is 2.67 bits per heavy atom. The highest BCUT2D eigenvalue weighted by atomic mass is 19.2. The van der Waals surface area contributed by atoms with Crippen LogP contribution in [0.25, 0.3) is 0 Å². The van der Waals surface area contributed by atoms with Gasteiger partial charge in [0, 0.05) is 5.69 Å². The molecule has 0 radical (unpaired) electrons. The monoisotopic (exact) mass is 335 g/mol. The molecule has 2 amide bonds. The van der Waals surface area contributed by atoms with Gasteiger partial charge in [0.2, 0.25) is 0 Å². The molecule has 3 N–H and O–H groups in total. The summed E-state index contributed by atoms with van der Waals surface area (Å²) in [6, 6.07) is 7.41. The van der Waals surface area contributed by atoms with E-state index < -0.39 is 29.8 Å². The van der Waals surface area contributed by atoms with Crippen LogP contribution < -0.4 is 10.6 Å². The number of aromatic nitrogens is 1. The molecule has 128 valence electrons. The summed E-state index contributed by atoms with van der Waals surface area (Å²) >= 11 is 0. The number of hydrogen-bond donors (Lipinski definition) is 3. The number of benzene rings is 1. The van der Waals surface area contributed by atoms with Gasteiger partial charge in [-0.05, 0) is 43.7 Å². The fraction of sp³-hybridized carbons (Fsp3) is 0.294. The van der Waals surface area contributed by atoms with Gasteiger partial charge in [-0.1, -0.05) is 12.1 Å². The first-order valence-electron chi connectivity index (χ1n) is 7.46. The van der Waals surface area contributed by atoms with Gasteiger partial charge in [-0.15, -0.1) is 0 Å². The zero-order valence-electron chi connectivity index (χ0n) is 13.4. The molecular formula is C17H19F2N3O2. The molecule has 0 aliphatic heterocycles. The zero-order valence-corrected chi connectivity index (χ0v) is 13.4. The van der Waals surface area contributed by atoms with E-state index in [2.05, 4.69) is 15.6 Å². The van der Waals surface area contributed by atoms with Gasteiger partial charge in [0.25, 0.3) is 0 Å². The number of halogens is 2. The normalized spacial score (nSPS) is 13.2. The third-order valence-corrected chi connectivity index (χ3v) is 3.49. The lowest BCUT2D eigenvalue weighted by molar-refractivity contribution is 0.137. The molecule has 7 heteroatoms. The van der Waals surface area contributed by atoms with Crippen molar-refractivity contribution in [2.45, 2.75) is 32.5 Å². The standard InChI is InChI=1S/C17H19F2N3O2/c1-10-4-3-5-13(21-10)9-20-17(24)22-11(2)16(23)12-6-7-14(18)15(19)8-12/h3-8,11,16,23H,9H2,1-2H3,(H2,20,22,24). The van der Waals surface area contributed by atoms with Gasteiger partial charge in [-0.3, -0.25) is 4.98 Å². The average molecular weight is 335 g/mol. The molecule has 1 aromatic carbocycles. The molecule has 2 atom stereocenters. The fourth-order valence-electron chi connectivity index (χ4n) is 2.19. The SMILES string of the molecule is Cc1cccc(CNC(=O)NC(C)C(O)c2ccc(F)c(F)c2)n1. The average Bonchev–Trinajstić information content (AvgIpc) is 2.55. The maximum Gasteiger partial charge on any atom is 0.315 e. The van der Waals surface area contributed by atoms with Crippen LogP contribution in [0, 0.1) is 18.6 Å². The van der Waals surface area contributed by atoms with Crippen LogP contribution in [0.2, 0.25) is 0 Å². The van der Waals surface area contributed by atoms with Crippen molar-refractivity contribution in [2.75, 3.05) is 0 Å². The Morgan fingerprint density at radius 1 is 1.25 bits per heavy atom. The first-order valence-corrected chi connectivity index (χ1v) is 7.46. The van der Waals surface area contributed by atoms with Crippen LogP contribution in [0.1, 0.15) is 30.0 Å². The minimum Gasteiger partial charge on any atom is -0.386 e. The van der Waals surface area contributed by atoms with Crippen molar-refractivity contribution in [2.24, 2.45) is 0 Å². The largest absolute Gasteiger partial charge is 0.386 e. The summed E-state index contributed by atoms with van der Waals surface area (Å²) in [6.45, 7) is 3.65. The van der Waals surface area contributed by atoms with E-state index in [1.165, 1.54) is 6.07 Å². The number of aryl methyl sites for hydroxylation is 1. The second-order valence-electron chi connectivity index (χ2n) is 5.50. The predicted octanol–water partition coefficient (Wildman–Crippen LogP) is 2.59. The summed E-state index contributed by atoms with van der Waals surface area (Å²) in [6.07, 6.45) is -1.16. The molecule has 5 nitrogen and oxygen atoms in total. The molecule has 0 aliphatic carbocycles. The van der Waals surface area contributed by atoms with Crippen molar-refractivity contribution in [3.8, 4) is 0 Å². The zero-order chi connectivity index (χ0) is 17.7. The molecule has 0 bridgehead atoms. The molecule has 0 saturated heterocycles.